The SMILES string of the molecule is CC(C)Cc1ccc(C2=NC(c3ccc(F)cc3)=C(c3cncnc3)C2)cc1. The van der Waals surface area contributed by atoms with E-state index in [4.69, 9.17) is 4.99 Å². The van der Waals surface area contributed by atoms with E-state index in [0.717, 1.165) is 40.1 Å². The van der Waals surface area contributed by atoms with E-state index in [1.807, 2.05) is 0 Å². The predicted octanol–water partition coefficient (Wildman–Crippen LogP) is 5.58. The standard InChI is InChI=1S/C24H22FN3/c1-16(2)11-17-3-5-18(6-4-17)23-12-22(20-13-26-15-27-14-20)24(28-23)19-7-9-21(25)10-8-19/h3-10,13-16H,11-12H2,1-2H3. The summed E-state index contributed by atoms with van der Waals surface area (Å²) in [4.78, 5) is 13.2. The van der Waals surface area contributed by atoms with Crippen molar-refractivity contribution in [2.45, 2.75) is 26.7 Å². The van der Waals surface area contributed by atoms with Crippen LogP contribution >= 0.6 is 0 Å². The number of allylic oxidation sites excluding steroid dienone is 1. The molecule has 1 aliphatic heterocycles. The van der Waals surface area contributed by atoms with Crippen LogP contribution in [0.1, 0.15) is 42.5 Å². The first-order valence-electron chi connectivity index (χ1n) is 9.51. The Labute approximate surface area is 164 Å². The van der Waals surface area contributed by atoms with Crippen LogP contribution in [0, 0.1) is 11.7 Å². The highest BCUT2D eigenvalue weighted by Gasteiger charge is 2.22. The summed E-state index contributed by atoms with van der Waals surface area (Å²) in [6.45, 7) is 4.45. The lowest BCUT2D eigenvalue weighted by molar-refractivity contribution is 0.627. The third-order valence-electron chi connectivity index (χ3n) is 4.83. The highest BCUT2D eigenvalue weighted by molar-refractivity contribution is 6.16. The van der Waals surface area contributed by atoms with Gasteiger partial charge >= 0.3 is 0 Å². The lowest BCUT2D eigenvalue weighted by Gasteiger charge is -2.07. The summed E-state index contributed by atoms with van der Waals surface area (Å²) < 4.78 is 13.4. The van der Waals surface area contributed by atoms with Gasteiger partial charge in [-0.3, -0.25) is 4.99 Å². The predicted molar refractivity (Wildman–Crippen MR) is 111 cm³/mol. The maximum atomic E-state index is 13.4. The van der Waals surface area contributed by atoms with Crippen molar-refractivity contribution < 1.29 is 4.39 Å². The molecule has 0 radical (unpaired) electrons. The van der Waals surface area contributed by atoms with Crippen molar-refractivity contribution in [3.8, 4) is 0 Å². The van der Waals surface area contributed by atoms with Gasteiger partial charge in [-0.15, -0.1) is 0 Å². The Morgan fingerprint density at radius 2 is 1.50 bits per heavy atom. The fourth-order valence-corrected chi connectivity index (χ4v) is 3.50. The van der Waals surface area contributed by atoms with Crippen molar-refractivity contribution in [1.29, 1.82) is 0 Å². The van der Waals surface area contributed by atoms with E-state index in [1.165, 1.54) is 24.0 Å². The second-order valence-electron chi connectivity index (χ2n) is 7.49. The molecular weight excluding hydrogens is 349 g/mol. The van der Waals surface area contributed by atoms with Gasteiger partial charge in [0.2, 0.25) is 0 Å². The first kappa shape index (κ1) is 18.2. The molecular formula is C24H22FN3. The molecule has 0 spiro atoms. The molecule has 1 aliphatic rings. The van der Waals surface area contributed by atoms with Gasteiger partial charge in [-0.2, -0.15) is 0 Å². The molecule has 2 heterocycles. The molecule has 0 amide bonds. The molecule has 0 saturated carbocycles. The van der Waals surface area contributed by atoms with Crippen LogP contribution in [0.15, 0.2) is 72.2 Å². The van der Waals surface area contributed by atoms with Gasteiger partial charge in [0.1, 0.15) is 12.1 Å². The number of aliphatic imine (C=N–C) groups is 1. The van der Waals surface area contributed by atoms with Crippen molar-refractivity contribution in [2.24, 2.45) is 10.9 Å². The molecule has 1 aromatic heterocycles. The summed E-state index contributed by atoms with van der Waals surface area (Å²) >= 11 is 0. The van der Waals surface area contributed by atoms with E-state index in [-0.39, 0.29) is 5.82 Å². The Bertz CT molecular complexity index is 1020. The van der Waals surface area contributed by atoms with Gasteiger partial charge < -0.3 is 0 Å². The lowest BCUT2D eigenvalue weighted by Crippen LogP contribution is -2.00. The fourth-order valence-electron chi connectivity index (χ4n) is 3.50. The summed E-state index contributed by atoms with van der Waals surface area (Å²) in [7, 11) is 0. The van der Waals surface area contributed by atoms with Crippen molar-refractivity contribution >= 4 is 17.0 Å². The van der Waals surface area contributed by atoms with E-state index < -0.39 is 0 Å². The highest BCUT2D eigenvalue weighted by Crippen LogP contribution is 2.36. The van der Waals surface area contributed by atoms with Gasteiger partial charge in [0.05, 0.1) is 11.4 Å². The largest absolute Gasteiger partial charge is 0.252 e. The molecule has 28 heavy (non-hydrogen) atoms. The van der Waals surface area contributed by atoms with E-state index in [2.05, 4.69) is 48.1 Å². The molecule has 3 nitrogen and oxygen atoms in total. The summed E-state index contributed by atoms with van der Waals surface area (Å²) in [5.74, 6) is 0.378. The normalized spacial score (nSPS) is 13.9. The summed E-state index contributed by atoms with van der Waals surface area (Å²) in [5.41, 5.74) is 7.21. The molecule has 0 bridgehead atoms. The Kier molecular flexibility index (Phi) is 5.11. The molecule has 0 unspecified atom stereocenters. The van der Waals surface area contributed by atoms with Crippen LogP contribution in [-0.4, -0.2) is 15.7 Å². The smallest absolute Gasteiger partial charge is 0.123 e. The van der Waals surface area contributed by atoms with E-state index >= 15 is 0 Å². The number of hydrogen-bond donors (Lipinski definition) is 0. The van der Waals surface area contributed by atoms with Gasteiger partial charge in [0.25, 0.3) is 0 Å². The summed E-state index contributed by atoms with van der Waals surface area (Å²) in [5, 5.41) is 0. The number of hydrogen-bond acceptors (Lipinski definition) is 3. The molecule has 2 aromatic carbocycles. The van der Waals surface area contributed by atoms with Crippen LogP contribution < -0.4 is 0 Å². The molecule has 0 N–H and O–H groups in total. The highest BCUT2D eigenvalue weighted by atomic mass is 19.1. The minimum absolute atomic E-state index is 0.253. The van der Waals surface area contributed by atoms with E-state index in [9.17, 15) is 4.39 Å². The third kappa shape index (κ3) is 3.91. The molecule has 0 fully saturated rings. The van der Waals surface area contributed by atoms with Crippen LogP contribution in [-0.2, 0) is 6.42 Å². The molecule has 4 heteroatoms. The van der Waals surface area contributed by atoms with Crippen LogP contribution in [0.2, 0.25) is 0 Å². The number of aromatic nitrogens is 2. The van der Waals surface area contributed by atoms with Crippen LogP contribution in [0.25, 0.3) is 11.3 Å². The van der Waals surface area contributed by atoms with Gasteiger partial charge in [0.15, 0.2) is 0 Å². The first-order chi connectivity index (χ1) is 13.6. The zero-order valence-electron chi connectivity index (χ0n) is 16.1. The molecule has 4 rings (SSSR count). The number of nitrogens with zero attached hydrogens (tertiary/aromatic N) is 3. The van der Waals surface area contributed by atoms with Crippen molar-refractivity contribution in [1.82, 2.24) is 9.97 Å². The zero-order valence-corrected chi connectivity index (χ0v) is 16.1. The van der Waals surface area contributed by atoms with Gasteiger partial charge in [0, 0.05) is 29.9 Å². The van der Waals surface area contributed by atoms with Crippen molar-refractivity contribution in [2.75, 3.05) is 0 Å². The van der Waals surface area contributed by atoms with Crippen LogP contribution in [0.5, 0.6) is 0 Å². The minimum atomic E-state index is -0.253. The quantitative estimate of drug-likeness (QED) is 0.587. The average molecular weight is 371 g/mol. The van der Waals surface area contributed by atoms with Gasteiger partial charge in [-0.05, 0) is 53.3 Å². The Morgan fingerprint density at radius 3 is 2.14 bits per heavy atom. The topological polar surface area (TPSA) is 38.1 Å². The Hall–Kier alpha value is -3.14. The van der Waals surface area contributed by atoms with E-state index in [0.29, 0.717) is 12.3 Å². The average Bonchev–Trinajstić information content (AvgIpc) is 3.15. The zero-order chi connectivity index (χ0) is 19.5. The molecule has 0 atom stereocenters. The second kappa shape index (κ2) is 7.85. The maximum Gasteiger partial charge on any atom is 0.123 e. The van der Waals surface area contributed by atoms with Gasteiger partial charge in [-0.25, -0.2) is 14.4 Å². The van der Waals surface area contributed by atoms with Gasteiger partial charge in [-0.1, -0.05) is 38.1 Å². The third-order valence-corrected chi connectivity index (χ3v) is 4.83. The molecule has 140 valence electrons. The fraction of sp³-hybridized carbons (Fsp3) is 0.208. The molecule has 0 saturated heterocycles. The monoisotopic (exact) mass is 371 g/mol. The summed E-state index contributed by atoms with van der Waals surface area (Å²) in [6, 6.07) is 15.1. The van der Waals surface area contributed by atoms with Crippen molar-refractivity contribution in [3.05, 3.63) is 95.3 Å². The number of halogens is 1. The summed E-state index contributed by atoms with van der Waals surface area (Å²) in [6.07, 6.45) is 6.89. The van der Waals surface area contributed by atoms with E-state index in [1.54, 1.807) is 24.5 Å². The first-order valence-corrected chi connectivity index (χ1v) is 9.51. The Morgan fingerprint density at radius 1 is 0.857 bits per heavy atom. The second-order valence-corrected chi connectivity index (χ2v) is 7.49. The molecule has 3 aromatic rings. The lowest BCUT2D eigenvalue weighted by atomic mass is 9.96. The maximum absolute atomic E-state index is 13.4. The van der Waals surface area contributed by atoms with Crippen LogP contribution in [0.4, 0.5) is 4.39 Å². The Balaban J connectivity index is 1.70. The number of rotatable bonds is 5. The minimum Gasteiger partial charge on any atom is -0.252 e. The molecule has 0 aliphatic carbocycles. The van der Waals surface area contributed by atoms with Crippen LogP contribution in [0.3, 0.4) is 0 Å². The van der Waals surface area contributed by atoms with Crippen molar-refractivity contribution in [3.63, 3.8) is 0 Å². The number of benzene rings is 2.